The number of nitrogens with zero attached hydrogens (tertiary/aromatic N) is 3. The molecule has 0 bridgehead atoms. The summed E-state index contributed by atoms with van der Waals surface area (Å²) in [7, 11) is 1.21. The average molecular weight is 287 g/mol. The SMILES string of the molecule is COC(=O)C(NCCN=[N+]=[N-])c1ccc(Cl)cc1F. The van der Waals surface area contributed by atoms with Crippen LogP contribution in [0.2, 0.25) is 5.02 Å². The molecule has 0 aliphatic rings. The second-order valence-corrected chi connectivity index (χ2v) is 3.97. The van der Waals surface area contributed by atoms with Crippen molar-refractivity contribution in [1.82, 2.24) is 5.32 Å². The molecular weight excluding hydrogens is 275 g/mol. The fourth-order valence-electron chi connectivity index (χ4n) is 1.48. The van der Waals surface area contributed by atoms with Crippen LogP contribution in [-0.2, 0) is 9.53 Å². The molecule has 0 spiro atoms. The van der Waals surface area contributed by atoms with Crippen LogP contribution < -0.4 is 5.32 Å². The van der Waals surface area contributed by atoms with E-state index in [9.17, 15) is 9.18 Å². The number of hydrogen-bond acceptors (Lipinski definition) is 4. The van der Waals surface area contributed by atoms with Gasteiger partial charge in [-0.15, -0.1) is 0 Å². The van der Waals surface area contributed by atoms with Crippen molar-refractivity contribution >= 4 is 17.6 Å². The highest BCUT2D eigenvalue weighted by molar-refractivity contribution is 6.30. The number of ether oxygens (including phenoxy) is 1. The standard InChI is InChI=1S/C11H12ClFN4O2/c1-19-11(18)10(15-4-5-16-17-14)8-3-2-7(12)6-9(8)13/h2-3,6,10,15H,4-5H2,1H3. The first-order valence-corrected chi connectivity index (χ1v) is 5.75. The second kappa shape index (κ2) is 7.58. The van der Waals surface area contributed by atoms with Gasteiger partial charge in [-0.2, -0.15) is 0 Å². The molecule has 0 aromatic heterocycles. The van der Waals surface area contributed by atoms with Gasteiger partial charge in [-0.1, -0.05) is 22.8 Å². The quantitative estimate of drug-likeness (QED) is 0.287. The van der Waals surface area contributed by atoms with E-state index in [0.29, 0.717) is 0 Å². The normalized spacial score (nSPS) is 11.5. The fourth-order valence-corrected chi connectivity index (χ4v) is 1.64. The van der Waals surface area contributed by atoms with E-state index in [1.165, 1.54) is 19.2 Å². The monoisotopic (exact) mass is 286 g/mol. The van der Waals surface area contributed by atoms with Crippen LogP contribution in [0, 0.1) is 5.82 Å². The average Bonchev–Trinajstić information content (AvgIpc) is 2.39. The van der Waals surface area contributed by atoms with Gasteiger partial charge < -0.3 is 10.1 Å². The van der Waals surface area contributed by atoms with E-state index in [4.69, 9.17) is 17.1 Å². The van der Waals surface area contributed by atoms with E-state index >= 15 is 0 Å². The van der Waals surface area contributed by atoms with Crippen molar-refractivity contribution in [3.8, 4) is 0 Å². The highest BCUT2D eigenvalue weighted by Gasteiger charge is 2.23. The lowest BCUT2D eigenvalue weighted by molar-refractivity contribution is -0.143. The van der Waals surface area contributed by atoms with Crippen LogP contribution in [0.25, 0.3) is 10.4 Å². The Morgan fingerprint density at radius 1 is 1.68 bits per heavy atom. The lowest BCUT2D eigenvalue weighted by Gasteiger charge is -2.17. The first-order chi connectivity index (χ1) is 9.10. The number of rotatable bonds is 6. The summed E-state index contributed by atoms with van der Waals surface area (Å²) < 4.78 is 18.4. The van der Waals surface area contributed by atoms with Gasteiger partial charge in [-0.25, -0.2) is 9.18 Å². The predicted octanol–water partition coefficient (Wildman–Crippen LogP) is 2.59. The van der Waals surface area contributed by atoms with Crippen LogP contribution in [-0.4, -0.2) is 26.2 Å². The van der Waals surface area contributed by atoms with Gasteiger partial charge in [0.05, 0.1) is 7.11 Å². The van der Waals surface area contributed by atoms with Gasteiger partial charge in [0.1, 0.15) is 11.9 Å². The zero-order valence-electron chi connectivity index (χ0n) is 10.1. The number of benzene rings is 1. The predicted molar refractivity (Wildman–Crippen MR) is 68.2 cm³/mol. The minimum absolute atomic E-state index is 0.122. The summed E-state index contributed by atoms with van der Waals surface area (Å²) in [6.45, 7) is 0.352. The van der Waals surface area contributed by atoms with Gasteiger partial charge in [0.2, 0.25) is 0 Å². The van der Waals surface area contributed by atoms with Gasteiger partial charge in [0.25, 0.3) is 0 Å². The van der Waals surface area contributed by atoms with Gasteiger partial charge in [-0.05, 0) is 17.7 Å². The second-order valence-electron chi connectivity index (χ2n) is 3.53. The Kier molecular flexibility index (Phi) is 6.08. The Morgan fingerprint density at radius 2 is 2.42 bits per heavy atom. The maximum atomic E-state index is 13.8. The van der Waals surface area contributed by atoms with E-state index < -0.39 is 17.8 Å². The largest absolute Gasteiger partial charge is 0.468 e. The summed E-state index contributed by atoms with van der Waals surface area (Å²) >= 11 is 5.65. The summed E-state index contributed by atoms with van der Waals surface area (Å²) in [6, 6.07) is 3.02. The third kappa shape index (κ3) is 4.40. The van der Waals surface area contributed by atoms with E-state index in [1.807, 2.05) is 0 Å². The maximum Gasteiger partial charge on any atom is 0.327 e. The van der Waals surface area contributed by atoms with Crippen LogP contribution in [0.1, 0.15) is 11.6 Å². The number of nitrogens with one attached hydrogen (secondary N) is 1. The summed E-state index contributed by atoms with van der Waals surface area (Å²) in [5, 5.41) is 6.30. The number of hydrogen-bond donors (Lipinski definition) is 1. The fraction of sp³-hybridized carbons (Fsp3) is 0.364. The number of carbonyl (C=O) groups excluding carboxylic acids is 1. The molecule has 0 fully saturated rings. The summed E-state index contributed by atoms with van der Waals surface area (Å²) in [6.07, 6.45) is 0. The van der Waals surface area contributed by atoms with E-state index in [1.54, 1.807) is 0 Å². The van der Waals surface area contributed by atoms with Crippen molar-refractivity contribution in [2.24, 2.45) is 5.11 Å². The molecule has 0 amide bonds. The topological polar surface area (TPSA) is 87.1 Å². The van der Waals surface area contributed by atoms with Crippen LogP contribution in [0.4, 0.5) is 4.39 Å². The molecule has 19 heavy (non-hydrogen) atoms. The summed E-state index contributed by atoms with van der Waals surface area (Å²) in [5.41, 5.74) is 8.27. The van der Waals surface area contributed by atoms with Crippen LogP contribution in [0.15, 0.2) is 23.3 Å². The molecule has 0 heterocycles. The van der Waals surface area contributed by atoms with Crippen molar-refractivity contribution in [3.05, 3.63) is 45.0 Å². The Labute approximate surface area is 114 Å². The van der Waals surface area contributed by atoms with Crippen molar-refractivity contribution in [2.45, 2.75) is 6.04 Å². The Hall–Kier alpha value is -1.82. The van der Waals surface area contributed by atoms with Crippen molar-refractivity contribution in [1.29, 1.82) is 0 Å². The summed E-state index contributed by atoms with van der Waals surface area (Å²) in [4.78, 5) is 14.2. The lowest BCUT2D eigenvalue weighted by atomic mass is 10.1. The molecule has 1 N–H and O–H groups in total. The van der Waals surface area contributed by atoms with E-state index in [-0.39, 0.29) is 23.7 Å². The molecule has 0 saturated carbocycles. The zero-order valence-corrected chi connectivity index (χ0v) is 10.9. The number of azide groups is 1. The third-order valence-corrected chi connectivity index (χ3v) is 2.57. The van der Waals surface area contributed by atoms with Gasteiger partial charge in [0.15, 0.2) is 0 Å². The molecule has 1 rings (SSSR count). The molecule has 1 unspecified atom stereocenters. The molecular formula is C11H12ClFN4O2. The number of methoxy groups -OCH3 is 1. The molecule has 0 aliphatic carbocycles. The molecule has 1 aromatic carbocycles. The van der Waals surface area contributed by atoms with Crippen molar-refractivity contribution < 1.29 is 13.9 Å². The number of esters is 1. The Bertz CT molecular complexity index is 505. The first-order valence-electron chi connectivity index (χ1n) is 5.37. The Balaban J connectivity index is 2.89. The number of halogens is 2. The van der Waals surface area contributed by atoms with Crippen molar-refractivity contribution in [2.75, 3.05) is 20.2 Å². The van der Waals surface area contributed by atoms with E-state index in [0.717, 1.165) is 6.07 Å². The minimum Gasteiger partial charge on any atom is -0.468 e. The number of carbonyl (C=O) groups is 1. The molecule has 1 atom stereocenters. The molecule has 6 nitrogen and oxygen atoms in total. The van der Waals surface area contributed by atoms with Gasteiger partial charge in [0, 0.05) is 28.6 Å². The van der Waals surface area contributed by atoms with Crippen LogP contribution in [0.3, 0.4) is 0 Å². The van der Waals surface area contributed by atoms with Gasteiger partial charge >= 0.3 is 5.97 Å². The molecule has 102 valence electrons. The molecule has 0 aliphatic heterocycles. The van der Waals surface area contributed by atoms with Crippen molar-refractivity contribution in [3.63, 3.8) is 0 Å². The first kappa shape index (κ1) is 15.2. The van der Waals surface area contributed by atoms with Crippen LogP contribution >= 0.6 is 11.6 Å². The molecule has 8 heteroatoms. The van der Waals surface area contributed by atoms with Gasteiger partial charge in [-0.3, -0.25) is 0 Å². The van der Waals surface area contributed by atoms with Crippen LogP contribution in [0.5, 0.6) is 0 Å². The molecule has 1 aromatic rings. The lowest BCUT2D eigenvalue weighted by Crippen LogP contribution is -2.32. The molecule has 0 radical (unpaired) electrons. The summed E-state index contributed by atoms with van der Waals surface area (Å²) in [5.74, 6) is -1.25. The van der Waals surface area contributed by atoms with E-state index in [2.05, 4.69) is 20.1 Å². The smallest absolute Gasteiger partial charge is 0.327 e. The highest BCUT2D eigenvalue weighted by atomic mass is 35.5. The molecule has 0 saturated heterocycles. The minimum atomic E-state index is -0.976. The maximum absolute atomic E-state index is 13.8. The highest BCUT2D eigenvalue weighted by Crippen LogP contribution is 2.21. The zero-order chi connectivity index (χ0) is 14.3. The third-order valence-electron chi connectivity index (χ3n) is 2.33. The Morgan fingerprint density at radius 3 is 3.00 bits per heavy atom.